The Kier molecular flexibility index (Phi) is 3.64. The quantitative estimate of drug-likeness (QED) is 0.739. The first-order valence-corrected chi connectivity index (χ1v) is 7.78. The molecule has 1 aliphatic rings. The lowest BCUT2D eigenvalue weighted by atomic mass is 10.2. The molecule has 0 bridgehead atoms. The molecule has 0 saturated carbocycles. The zero-order valence-corrected chi connectivity index (χ0v) is 12.8. The van der Waals surface area contributed by atoms with Crippen molar-refractivity contribution in [3.63, 3.8) is 0 Å². The highest BCUT2D eigenvalue weighted by Crippen LogP contribution is 2.34. The van der Waals surface area contributed by atoms with E-state index >= 15 is 0 Å². The number of anilines is 2. The van der Waals surface area contributed by atoms with Crippen molar-refractivity contribution in [2.24, 2.45) is 0 Å². The third-order valence-corrected chi connectivity index (χ3v) is 4.09. The maximum absolute atomic E-state index is 4.50. The van der Waals surface area contributed by atoms with E-state index in [0.29, 0.717) is 0 Å². The minimum Gasteiger partial charge on any atom is -0.345 e. The Labute approximate surface area is 136 Å². The van der Waals surface area contributed by atoms with Gasteiger partial charge in [-0.25, -0.2) is 9.97 Å². The van der Waals surface area contributed by atoms with Gasteiger partial charge >= 0.3 is 0 Å². The van der Waals surface area contributed by atoms with E-state index in [-0.39, 0.29) is 0 Å². The Morgan fingerprint density at radius 3 is 2.04 bits per heavy atom. The van der Waals surface area contributed by atoms with Gasteiger partial charge in [0.25, 0.3) is 0 Å². The van der Waals surface area contributed by atoms with Gasteiger partial charge < -0.3 is 9.80 Å². The zero-order chi connectivity index (χ0) is 15.5. The number of nitrogens with zero attached hydrogens (tertiary/aromatic N) is 4. The SMILES string of the molecule is c1ccc(CN2CN(Cc3ccccc3)c3ncncc32)cc1. The van der Waals surface area contributed by atoms with Crippen LogP contribution in [0.4, 0.5) is 11.5 Å². The number of aromatic nitrogens is 2. The normalized spacial score (nSPS) is 13.2. The molecule has 114 valence electrons. The first-order valence-electron chi connectivity index (χ1n) is 7.78. The molecule has 0 spiro atoms. The van der Waals surface area contributed by atoms with Crippen molar-refractivity contribution in [3.8, 4) is 0 Å². The van der Waals surface area contributed by atoms with Crippen LogP contribution in [0, 0.1) is 0 Å². The second-order valence-electron chi connectivity index (χ2n) is 5.74. The van der Waals surface area contributed by atoms with Crippen molar-refractivity contribution in [1.82, 2.24) is 9.97 Å². The lowest BCUT2D eigenvalue weighted by Gasteiger charge is -2.21. The van der Waals surface area contributed by atoms with Gasteiger partial charge in [0.15, 0.2) is 5.82 Å². The van der Waals surface area contributed by atoms with E-state index in [1.807, 2.05) is 18.3 Å². The van der Waals surface area contributed by atoms with Gasteiger partial charge in [0.05, 0.1) is 12.9 Å². The van der Waals surface area contributed by atoms with Gasteiger partial charge in [-0.15, -0.1) is 0 Å². The van der Waals surface area contributed by atoms with Gasteiger partial charge in [0.2, 0.25) is 0 Å². The predicted octanol–water partition coefficient (Wildman–Crippen LogP) is 3.46. The second kappa shape index (κ2) is 6.08. The molecule has 3 aromatic rings. The van der Waals surface area contributed by atoms with E-state index in [2.05, 4.69) is 68.3 Å². The smallest absolute Gasteiger partial charge is 0.157 e. The Balaban J connectivity index is 1.59. The van der Waals surface area contributed by atoms with E-state index in [9.17, 15) is 0 Å². The molecule has 1 aromatic heterocycles. The molecule has 4 heteroatoms. The molecular weight excluding hydrogens is 284 g/mol. The van der Waals surface area contributed by atoms with Crippen molar-refractivity contribution in [3.05, 3.63) is 84.3 Å². The highest BCUT2D eigenvalue weighted by atomic mass is 15.4. The van der Waals surface area contributed by atoms with E-state index in [1.165, 1.54) is 11.1 Å². The summed E-state index contributed by atoms with van der Waals surface area (Å²) in [6, 6.07) is 21.0. The fourth-order valence-electron chi connectivity index (χ4n) is 3.00. The number of benzene rings is 2. The fraction of sp³-hybridized carbons (Fsp3) is 0.158. The summed E-state index contributed by atoms with van der Waals surface area (Å²) in [6.07, 6.45) is 3.54. The minimum atomic E-state index is 0.831. The van der Waals surface area contributed by atoms with Crippen molar-refractivity contribution >= 4 is 11.5 Å². The van der Waals surface area contributed by atoms with Crippen LogP contribution in [-0.4, -0.2) is 16.6 Å². The topological polar surface area (TPSA) is 32.3 Å². The highest BCUT2D eigenvalue weighted by molar-refractivity contribution is 5.71. The molecular formula is C19H18N4. The van der Waals surface area contributed by atoms with Crippen LogP contribution in [0.5, 0.6) is 0 Å². The fourth-order valence-corrected chi connectivity index (χ4v) is 3.00. The largest absolute Gasteiger partial charge is 0.345 e. The number of fused-ring (bicyclic) bond motifs is 1. The monoisotopic (exact) mass is 302 g/mol. The summed E-state index contributed by atoms with van der Waals surface area (Å²) in [4.78, 5) is 13.3. The van der Waals surface area contributed by atoms with Crippen molar-refractivity contribution in [2.45, 2.75) is 13.1 Å². The van der Waals surface area contributed by atoms with Crippen molar-refractivity contribution in [1.29, 1.82) is 0 Å². The number of rotatable bonds is 4. The Morgan fingerprint density at radius 1 is 0.783 bits per heavy atom. The van der Waals surface area contributed by atoms with Crippen LogP contribution in [0.15, 0.2) is 73.2 Å². The summed E-state index contributed by atoms with van der Waals surface area (Å²) >= 11 is 0. The van der Waals surface area contributed by atoms with Crippen molar-refractivity contribution < 1.29 is 0 Å². The van der Waals surface area contributed by atoms with Gasteiger partial charge in [0.1, 0.15) is 12.0 Å². The molecule has 0 fully saturated rings. The van der Waals surface area contributed by atoms with E-state index in [0.717, 1.165) is 31.3 Å². The molecule has 4 nitrogen and oxygen atoms in total. The Bertz CT molecular complexity index is 707. The van der Waals surface area contributed by atoms with Gasteiger partial charge in [-0.05, 0) is 11.1 Å². The lowest BCUT2D eigenvalue weighted by Crippen LogP contribution is -2.30. The predicted molar refractivity (Wildman–Crippen MR) is 92.1 cm³/mol. The summed E-state index contributed by atoms with van der Waals surface area (Å²) in [5.41, 5.74) is 3.69. The molecule has 0 N–H and O–H groups in total. The van der Waals surface area contributed by atoms with Crippen LogP contribution < -0.4 is 9.80 Å². The average Bonchev–Trinajstić information content (AvgIpc) is 2.95. The van der Waals surface area contributed by atoms with Gasteiger partial charge in [-0.2, -0.15) is 0 Å². The Morgan fingerprint density at radius 2 is 1.39 bits per heavy atom. The van der Waals surface area contributed by atoms with E-state index < -0.39 is 0 Å². The van der Waals surface area contributed by atoms with Crippen molar-refractivity contribution in [2.75, 3.05) is 16.5 Å². The van der Waals surface area contributed by atoms with Gasteiger partial charge in [-0.3, -0.25) is 0 Å². The molecule has 0 aliphatic carbocycles. The summed E-state index contributed by atoms with van der Waals surface area (Å²) < 4.78 is 0. The summed E-state index contributed by atoms with van der Waals surface area (Å²) in [5, 5.41) is 0. The maximum atomic E-state index is 4.50. The molecule has 0 amide bonds. The summed E-state index contributed by atoms with van der Waals surface area (Å²) in [7, 11) is 0. The number of hydrogen-bond donors (Lipinski definition) is 0. The second-order valence-corrected chi connectivity index (χ2v) is 5.74. The van der Waals surface area contributed by atoms with Crippen LogP contribution in [0.1, 0.15) is 11.1 Å². The molecule has 0 radical (unpaired) electrons. The maximum Gasteiger partial charge on any atom is 0.157 e. The first-order chi connectivity index (χ1) is 11.4. The molecule has 23 heavy (non-hydrogen) atoms. The van der Waals surface area contributed by atoms with E-state index in [4.69, 9.17) is 0 Å². The number of hydrogen-bond acceptors (Lipinski definition) is 4. The summed E-state index contributed by atoms with van der Waals surface area (Å²) in [5.74, 6) is 1.01. The third kappa shape index (κ3) is 2.88. The van der Waals surface area contributed by atoms with Crippen LogP contribution in [0.3, 0.4) is 0 Å². The molecule has 0 saturated heterocycles. The third-order valence-electron chi connectivity index (χ3n) is 4.09. The van der Waals surface area contributed by atoms with Gasteiger partial charge in [-0.1, -0.05) is 60.7 Å². The zero-order valence-electron chi connectivity index (χ0n) is 12.8. The van der Waals surface area contributed by atoms with Crippen LogP contribution in [0.25, 0.3) is 0 Å². The van der Waals surface area contributed by atoms with Crippen LogP contribution in [0.2, 0.25) is 0 Å². The minimum absolute atomic E-state index is 0.831. The summed E-state index contributed by atoms with van der Waals surface area (Å²) in [6.45, 7) is 2.56. The molecule has 0 unspecified atom stereocenters. The molecule has 4 rings (SSSR count). The van der Waals surface area contributed by atoms with Crippen LogP contribution >= 0.6 is 0 Å². The molecule has 1 aliphatic heterocycles. The lowest BCUT2D eigenvalue weighted by molar-refractivity contribution is 0.759. The van der Waals surface area contributed by atoms with Gasteiger partial charge in [0, 0.05) is 13.1 Å². The average molecular weight is 302 g/mol. The molecule has 0 atom stereocenters. The molecule has 2 heterocycles. The standard InChI is InChI=1S/C19H18N4/c1-3-7-16(8-4-1)12-22-15-23(13-17-9-5-2-6-10-17)19-18(22)11-20-14-21-19/h1-11,14H,12-13,15H2. The molecule has 2 aromatic carbocycles. The Hall–Kier alpha value is -2.88. The first kappa shape index (κ1) is 13.8. The highest BCUT2D eigenvalue weighted by Gasteiger charge is 2.27. The van der Waals surface area contributed by atoms with Crippen LogP contribution in [-0.2, 0) is 13.1 Å². The van der Waals surface area contributed by atoms with E-state index in [1.54, 1.807) is 6.33 Å².